The third-order valence-electron chi connectivity index (χ3n) is 3.48. The first-order valence-corrected chi connectivity index (χ1v) is 7.24. The van der Waals surface area contributed by atoms with Crippen LogP contribution in [0.5, 0.6) is 0 Å². The molecule has 0 aromatic heterocycles. The summed E-state index contributed by atoms with van der Waals surface area (Å²) in [7, 11) is 0. The molecule has 1 rings (SSSR count). The van der Waals surface area contributed by atoms with Crippen molar-refractivity contribution < 1.29 is 19.4 Å². The predicted molar refractivity (Wildman–Crippen MR) is 71.9 cm³/mol. The number of nitrogens with zero attached hydrogens (tertiary/aromatic N) is 1. The number of piperidine rings is 1. The molecule has 5 heteroatoms. The Balaban J connectivity index is 2.14. The minimum Gasteiger partial charge on any atom is -0.480 e. The van der Waals surface area contributed by atoms with Gasteiger partial charge >= 0.3 is 5.97 Å². The first-order valence-electron chi connectivity index (χ1n) is 7.24. The zero-order valence-corrected chi connectivity index (χ0v) is 11.8. The summed E-state index contributed by atoms with van der Waals surface area (Å²) in [5.41, 5.74) is 0. The van der Waals surface area contributed by atoms with Gasteiger partial charge in [0.05, 0.1) is 6.10 Å². The number of unbranched alkanes of at least 4 members (excludes halogenated alkanes) is 3. The molecule has 0 atom stereocenters. The molecule has 0 aromatic rings. The quantitative estimate of drug-likeness (QED) is 0.686. The van der Waals surface area contributed by atoms with E-state index in [1.807, 2.05) is 4.90 Å². The first-order chi connectivity index (χ1) is 9.13. The lowest BCUT2D eigenvalue weighted by Gasteiger charge is -2.31. The van der Waals surface area contributed by atoms with Crippen molar-refractivity contribution in [2.45, 2.75) is 58.0 Å². The fourth-order valence-electron chi connectivity index (χ4n) is 2.32. The van der Waals surface area contributed by atoms with Crippen molar-refractivity contribution in [1.29, 1.82) is 0 Å². The van der Waals surface area contributed by atoms with Gasteiger partial charge in [0, 0.05) is 19.5 Å². The van der Waals surface area contributed by atoms with Crippen LogP contribution in [0.1, 0.15) is 51.9 Å². The van der Waals surface area contributed by atoms with E-state index in [9.17, 15) is 9.59 Å². The summed E-state index contributed by atoms with van der Waals surface area (Å²) in [6, 6.07) is 0. The Kier molecular flexibility index (Phi) is 7.48. The van der Waals surface area contributed by atoms with Crippen LogP contribution in [0.25, 0.3) is 0 Å². The molecule has 0 unspecified atom stereocenters. The maximum atomic E-state index is 11.9. The van der Waals surface area contributed by atoms with Gasteiger partial charge < -0.3 is 14.7 Å². The van der Waals surface area contributed by atoms with Gasteiger partial charge in [-0.05, 0) is 19.3 Å². The lowest BCUT2D eigenvalue weighted by molar-refractivity contribution is -0.146. The lowest BCUT2D eigenvalue weighted by Crippen LogP contribution is -2.41. The highest BCUT2D eigenvalue weighted by Crippen LogP contribution is 2.15. The van der Waals surface area contributed by atoms with Crippen LogP contribution in [0.2, 0.25) is 0 Å². The smallest absolute Gasteiger partial charge is 0.329 e. The highest BCUT2D eigenvalue weighted by molar-refractivity contribution is 5.76. The Labute approximate surface area is 114 Å². The van der Waals surface area contributed by atoms with E-state index in [1.165, 1.54) is 12.8 Å². The van der Waals surface area contributed by atoms with E-state index < -0.39 is 5.97 Å². The molecule has 19 heavy (non-hydrogen) atoms. The van der Waals surface area contributed by atoms with E-state index in [-0.39, 0.29) is 18.6 Å². The Morgan fingerprint density at radius 2 is 1.89 bits per heavy atom. The third-order valence-corrected chi connectivity index (χ3v) is 3.48. The van der Waals surface area contributed by atoms with E-state index in [1.54, 1.807) is 0 Å². The summed E-state index contributed by atoms with van der Waals surface area (Å²) in [5, 5.41) is 8.54. The average molecular weight is 271 g/mol. The topological polar surface area (TPSA) is 66.8 Å². The van der Waals surface area contributed by atoms with Gasteiger partial charge in [0.15, 0.2) is 0 Å². The molecule has 1 amide bonds. The molecule has 1 saturated heterocycles. The van der Waals surface area contributed by atoms with Crippen molar-refractivity contribution in [1.82, 2.24) is 4.90 Å². The molecule has 1 aliphatic heterocycles. The number of carboxylic acid groups (broad SMARTS) is 1. The Hall–Kier alpha value is -1.10. The number of amides is 1. The first kappa shape index (κ1) is 16.0. The minimum absolute atomic E-state index is 0.0137. The second kappa shape index (κ2) is 8.91. The van der Waals surface area contributed by atoms with Crippen LogP contribution in [0.15, 0.2) is 0 Å². The fourth-order valence-corrected chi connectivity index (χ4v) is 2.32. The molecule has 110 valence electrons. The van der Waals surface area contributed by atoms with Crippen LogP contribution in [0.3, 0.4) is 0 Å². The van der Waals surface area contributed by atoms with E-state index in [0.29, 0.717) is 19.5 Å². The van der Waals surface area contributed by atoms with E-state index >= 15 is 0 Å². The highest BCUT2D eigenvalue weighted by atomic mass is 16.5. The van der Waals surface area contributed by atoms with Crippen LogP contribution in [0.4, 0.5) is 0 Å². The van der Waals surface area contributed by atoms with Gasteiger partial charge in [0.2, 0.25) is 5.91 Å². The fraction of sp³-hybridized carbons (Fsp3) is 0.857. The largest absolute Gasteiger partial charge is 0.480 e. The number of likely N-dealkylation sites (tertiary alicyclic amines) is 1. The summed E-state index contributed by atoms with van der Waals surface area (Å²) in [6.45, 7) is 3.30. The standard InChI is InChI=1S/C14H25NO4/c1-2-3-4-5-6-13(16)15-9-7-12(8-10-15)19-11-14(17)18/h12H,2-11H2,1H3,(H,17,18). The minimum atomic E-state index is -0.936. The maximum Gasteiger partial charge on any atom is 0.329 e. The molecule has 0 aromatic carbocycles. The normalized spacial score (nSPS) is 16.6. The van der Waals surface area contributed by atoms with Gasteiger partial charge in [-0.25, -0.2) is 4.79 Å². The van der Waals surface area contributed by atoms with Crippen LogP contribution < -0.4 is 0 Å². The summed E-state index contributed by atoms with van der Waals surface area (Å²) in [4.78, 5) is 24.2. The van der Waals surface area contributed by atoms with Crippen LogP contribution in [0, 0.1) is 0 Å². The molecule has 0 saturated carbocycles. The molecule has 0 spiro atoms. The van der Waals surface area contributed by atoms with Crippen molar-refractivity contribution in [3.63, 3.8) is 0 Å². The Morgan fingerprint density at radius 1 is 1.21 bits per heavy atom. The van der Waals surface area contributed by atoms with Crippen molar-refractivity contribution >= 4 is 11.9 Å². The van der Waals surface area contributed by atoms with Crippen LogP contribution in [-0.2, 0) is 14.3 Å². The maximum absolute atomic E-state index is 11.9. The molecule has 0 aliphatic carbocycles. The summed E-state index contributed by atoms with van der Waals surface area (Å²) in [5.74, 6) is -0.706. The molecule has 5 nitrogen and oxygen atoms in total. The molecule has 1 heterocycles. The van der Waals surface area contributed by atoms with Crippen LogP contribution in [-0.4, -0.2) is 47.7 Å². The second-order valence-corrected chi connectivity index (χ2v) is 5.10. The van der Waals surface area contributed by atoms with Gasteiger partial charge in [-0.1, -0.05) is 26.2 Å². The van der Waals surface area contributed by atoms with Gasteiger partial charge in [0.1, 0.15) is 6.61 Å². The molecule has 0 bridgehead atoms. The molecule has 1 fully saturated rings. The Bertz CT molecular complexity index is 285. The number of ether oxygens (including phenoxy) is 1. The molecular weight excluding hydrogens is 246 g/mol. The summed E-state index contributed by atoms with van der Waals surface area (Å²) in [6.07, 6.45) is 6.59. The lowest BCUT2D eigenvalue weighted by atomic mass is 10.1. The number of hydrogen-bond donors (Lipinski definition) is 1. The number of aliphatic carboxylic acids is 1. The van der Waals surface area contributed by atoms with Crippen molar-refractivity contribution in [2.24, 2.45) is 0 Å². The van der Waals surface area contributed by atoms with E-state index in [0.717, 1.165) is 25.7 Å². The number of hydrogen-bond acceptors (Lipinski definition) is 3. The summed E-state index contributed by atoms with van der Waals surface area (Å²) >= 11 is 0. The Morgan fingerprint density at radius 3 is 2.47 bits per heavy atom. The van der Waals surface area contributed by atoms with Crippen LogP contribution >= 0.6 is 0 Å². The van der Waals surface area contributed by atoms with E-state index in [4.69, 9.17) is 9.84 Å². The zero-order chi connectivity index (χ0) is 14.1. The molecular formula is C14H25NO4. The number of carboxylic acids is 1. The SMILES string of the molecule is CCCCCCC(=O)N1CCC(OCC(=O)O)CC1. The molecule has 0 radical (unpaired) electrons. The number of rotatable bonds is 8. The van der Waals surface area contributed by atoms with Gasteiger partial charge in [0.25, 0.3) is 0 Å². The van der Waals surface area contributed by atoms with Crippen molar-refractivity contribution in [3.05, 3.63) is 0 Å². The van der Waals surface area contributed by atoms with Gasteiger partial charge in [-0.2, -0.15) is 0 Å². The monoisotopic (exact) mass is 271 g/mol. The van der Waals surface area contributed by atoms with Crippen molar-refractivity contribution in [2.75, 3.05) is 19.7 Å². The number of carbonyl (C=O) groups is 2. The summed E-state index contributed by atoms with van der Waals surface area (Å²) < 4.78 is 5.25. The molecule has 1 aliphatic rings. The van der Waals surface area contributed by atoms with Gasteiger partial charge in [-0.3, -0.25) is 4.79 Å². The van der Waals surface area contributed by atoms with E-state index in [2.05, 4.69) is 6.92 Å². The second-order valence-electron chi connectivity index (χ2n) is 5.10. The van der Waals surface area contributed by atoms with Crippen molar-refractivity contribution in [3.8, 4) is 0 Å². The highest BCUT2D eigenvalue weighted by Gasteiger charge is 2.23. The van der Waals surface area contributed by atoms with Gasteiger partial charge in [-0.15, -0.1) is 0 Å². The molecule has 1 N–H and O–H groups in total. The average Bonchev–Trinajstić information content (AvgIpc) is 2.41. The predicted octanol–water partition coefficient (Wildman–Crippen LogP) is 2.05. The zero-order valence-electron chi connectivity index (χ0n) is 11.8. The number of carbonyl (C=O) groups excluding carboxylic acids is 1. The third kappa shape index (κ3) is 6.57.